The van der Waals surface area contributed by atoms with Gasteiger partial charge in [-0.2, -0.15) is 0 Å². The van der Waals surface area contributed by atoms with Gasteiger partial charge in [0.15, 0.2) is 0 Å². The Morgan fingerprint density at radius 3 is 2.36 bits per heavy atom. The molecule has 0 spiro atoms. The van der Waals surface area contributed by atoms with Gasteiger partial charge < -0.3 is 10.6 Å². The number of hydrogen-bond acceptors (Lipinski definition) is 4. The Bertz CT molecular complexity index is 866. The third kappa shape index (κ3) is 6.02. The fourth-order valence-corrected chi connectivity index (χ4v) is 4.46. The average molecular weight is 408 g/mol. The van der Waals surface area contributed by atoms with Gasteiger partial charge in [-0.05, 0) is 43.8 Å². The summed E-state index contributed by atoms with van der Waals surface area (Å²) in [6.07, 6.45) is 2.13. The van der Waals surface area contributed by atoms with E-state index in [9.17, 15) is 13.2 Å². The number of nitrogens with one attached hydrogen (secondary N) is 1. The van der Waals surface area contributed by atoms with Gasteiger partial charge in [0.05, 0.1) is 4.90 Å². The van der Waals surface area contributed by atoms with Gasteiger partial charge in [-0.3, -0.25) is 4.79 Å². The van der Waals surface area contributed by atoms with E-state index in [0.29, 0.717) is 30.8 Å². The molecule has 1 amide bonds. The molecule has 156 valence electrons. The van der Waals surface area contributed by atoms with Gasteiger partial charge in [0.2, 0.25) is 15.9 Å². The van der Waals surface area contributed by atoms with E-state index in [1.165, 1.54) is 7.05 Å². The van der Waals surface area contributed by atoms with Crippen molar-refractivity contribution in [1.29, 1.82) is 0 Å². The first-order chi connectivity index (χ1) is 13.5. The number of amides is 1. The lowest BCUT2D eigenvalue weighted by atomic mass is 10.1. The van der Waals surface area contributed by atoms with Crippen LogP contribution in [0.4, 0.5) is 0 Å². The van der Waals surface area contributed by atoms with Crippen LogP contribution in [-0.4, -0.2) is 45.9 Å². The molecule has 0 aromatic heterocycles. The van der Waals surface area contributed by atoms with Gasteiger partial charge in [0.25, 0.3) is 0 Å². The van der Waals surface area contributed by atoms with Gasteiger partial charge in [-0.1, -0.05) is 44.2 Å². The second-order valence-electron chi connectivity index (χ2n) is 6.16. The second-order valence-corrected chi connectivity index (χ2v) is 7.90. The average Bonchev–Trinajstić information content (AvgIpc) is 3.13. The van der Waals surface area contributed by atoms with Crippen LogP contribution in [0.2, 0.25) is 0 Å². The summed E-state index contributed by atoms with van der Waals surface area (Å²) in [4.78, 5) is 13.7. The molecule has 0 aliphatic carbocycles. The molecule has 1 fully saturated rings. The summed E-state index contributed by atoms with van der Waals surface area (Å²) in [6, 6.07) is 11.0. The Morgan fingerprint density at radius 1 is 1.07 bits per heavy atom. The molecule has 0 atom stereocenters. The molecule has 0 bridgehead atoms. The van der Waals surface area contributed by atoms with Crippen molar-refractivity contribution < 1.29 is 13.2 Å². The van der Waals surface area contributed by atoms with Crippen molar-refractivity contribution in [3.8, 4) is 0 Å². The van der Waals surface area contributed by atoms with Crippen molar-refractivity contribution in [2.24, 2.45) is 5.73 Å². The van der Waals surface area contributed by atoms with E-state index in [1.54, 1.807) is 17.0 Å². The molecular weight excluding hydrogens is 374 g/mol. The van der Waals surface area contributed by atoms with Gasteiger partial charge in [0.1, 0.15) is 0 Å². The van der Waals surface area contributed by atoms with Gasteiger partial charge in [-0.15, -0.1) is 0 Å². The van der Waals surface area contributed by atoms with Crippen LogP contribution < -0.4 is 10.5 Å². The number of sulfonamides is 1. The number of hydrogen-bond donors (Lipinski definition) is 2. The molecular formula is C21H33N3O3S. The standard InChI is InChI=1S/C18H22N2O3S.C2H6.CH5N/c1-14-6-2-8-16-15(14)7-3-9-17(16)24(22,23)19-11-5-13-20-12-4-10-18(20)21;2*1-2/h2-3,6-9,19H,4-5,10-13H2,1H3;1-2H3;2H2,1H3. The molecule has 2 aromatic carbocycles. The highest BCUT2D eigenvalue weighted by atomic mass is 32.2. The minimum Gasteiger partial charge on any atom is -0.343 e. The topological polar surface area (TPSA) is 92.5 Å². The molecule has 28 heavy (non-hydrogen) atoms. The first kappa shape index (κ1) is 24.1. The zero-order chi connectivity index (χ0) is 21.2. The summed E-state index contributed by atoms with van der Waals surface area (Å²) in [5, 5.41) is 1.68. The molecule has 3 N–H and O–H groups in total. The Kier molecular flexibility index (Phi) is 10.1. The largest absolute Gasteiger partial charge is 0.343 e. The number of likely N-dealkylation sites (tertiary alicyclic amines) is 1. The number of carbonyl (C=O) groups is 1. The predicted octanol–water partition coefficient (Wildman–Crippen LogP) is 3.04. The summed E-state index contributed by atoms with van der Waals surface area (Å²) in [5.41, 5.74) is 5.55. The lowest BCUT2D eigenvalue weighted by Crippen LogP contribution is -2.30. The first-order valence-corrected chi connectivity index (χ1v) is 11.3. The molecule has 2 aromatic rings. The van der Waals surface area contributed by atoms with Crippen molar-refractivity contribution in [1.82, 2.24) is 9.62 Å². The maximum atomic E-state index is 12.6. The second kappa shape index (κ2) is 11.8. The molecule has 1 heterocycles. The molecule has 1 saturated heterocycles. The first-order valence-electron chi connectivity index (χ1n) is 9.82. The molecule has 0 radical (unpaired) electrons. The van der Waals surface area contributed by atoms with E-state index >= 15 is 0 Å². The van der Waals surface area contributed by atoms with Crippen LogP contribution in [0.3, 0.4) is 0 Å². The molecule has 1 aliphatic heterocycles. The van der Waals surface area contributed by atoms with Gasteiger partial charge in [-0.25, -0.2) is 13.1 Å². The Labute approximate surface area is 169 Å². The number of benzene rings is 2. The van der Waals surface area contributed by atoms with E-state index in [0.717, 1.165) is 29.3 Å². The smallest absolute Gasteiger partial charge is 0.241 e. The van der Waals surface area contributed by atoms with E-state index in [4.69, 9.17) is 0 Å². The minimum atomic E-state index is -3.57. The molecule has 0 unspecified atom stereocenters. The molecule has 7 heteroatoms. The van der Waals surface area contributed by atoms with Crippen molar-refractivity contribution in [3.05, 3.63) is 42.0 Å². The lowest BCUT2D eigenvalue weighted by Gasteiger charge is -2.15. The van der Waals surface area contributed by atoms with Crippen molar-refractivity contribution >= 4 is 26.7 Å². The van der Waals surface area contributed by atoms with Crippen molar-refractivity contribution in [3.63, 3.8) is 0 Å². The van der Waals surface area contributed by atoms with Gasteiger partial charge in [0, 0.05) is 31.4 Å². The van der Waals surface area contributed by atoms with Crippen molar-refractivity contribution in [2.75, 3.05) is 26.7 Å². The molecule has 1 aliphatic rings. The number of aryl methyl sites for hydroxylation is 1. The zero-order valence-corrected chi connectivity index (χ0v) is 18.2. The summed E-state index contributed by atoms with van der Waals surface area (Å²) in [6.45, 7) is 7.69. The normalized spacial score (nSPS) is 13.6. The van der Waals surface area contributed by atoms with Crippen LogP contribution >= 0.6 is 0 Å². The number of carbonyl (C=O) groups excluding carboxylic acids is 1. The monoisotopic (exact) mass is 407 g/mol. The van der Waals surface area contributed by atoms with Crippen LogP contribution in [0.5, 0.6) is 0 Å². The Hall–Kier alpha value is -1.96. The quantitative estimate of drug-likeness (QED) is 0.720. The summed E-state index contributed by atoms with van der Waals surface area (Å²) in [7, 11) is -2.07. The highest BCUT2D eigenvalue weighted by Crippen LogP contribution is 2.25. The lowest BCUT2D eigenvalue weighted by molar-refractivity contribution is -0.127. The summed E-state index contributed by atoms with van der Waals surface area (Å²) >= 11 is 0. The molecule has 0 saturated carbocycles. The maximum Gasteiger partial charge on any atom is 0.241 e. The van der Waals surface area contributed by atoms with Crippen LogP contribution in [0.1, 0.15) is 38.7 Å². The fraction of sp³-hybridized carbons (Fsp3) is 0.476. The van der Waals surface area contributed by atoms with E-state index in [1.807, 2.05) is 45.0 Å². The van der Waals surface area contributed by atoms with Crippen LogP contribution in [0.25, 0.3) is 10.8 Å². The molecule has 6 nitrogen and oxygen atoms in total. The van der Waals surface area contributed by atoms with E-state index in [-0.39, 0.29) is 5.91 Å². The number of fused-ring (bicyclic) bond motifs is 1. The summed E-state index contributed by atoms with van der Waals surface area (Å²) in [5.74, 6) is 0.169. The highest BCUT2D eigenvalue weighted by molar-refractivity contribution is 7.89. The zero-order valence-electron chi connectivity index (χ0n) is 17.4. The Balaban J connectivity index is 0.000000921. The number of nitrogens with zero attached hydrogens (tertiary/aromatic N) is 1. The predicted molar refractivity (Wildman–Crippen MR) is 116 cm³/mol. The van der Waals surface area contributed by atoms with E-state index in [2.05, 4.69) is 10.5 Å². The number of rotatable bonds is 6. The summed E-state index contributed by atoms with van der Waals surface area (Å²) < 4.78 is 27.9. The third-order valence-corrected chi connectivity index (χ3v) is 5.98. The minimum absolute atomic E-state index is 0.169. The number of nitrogens with two attached hydrogens (primary N) is 1. The highest BCUT2D eigenvalue weighted by Gasteiger charge is 2.20. The Morgan fingerprint density at radius 2 is 1.71 bits per heavy atom. The fourth-order valence-electron chi connectivity index (χ4n) is 3.17. The van der Waals surface area contributed by atoms with Gasteiger partial charge >= 0.3 is 0 Å². The SMILES string of the molecule is CC.CN.Cc1cccc2c(S(=O)(=O)NCCCN3CCCC3=O)cccc12. The van der Waals surface area contributed by atoms with Crippen molar-refractivity contribution in [2.45, 2.75) is 44.9 Å². The maximum absolute atomic E-state index is 12.6. The third-order valence-electron chi connectivity index (χ3n) is 4.46. The van der Waals surface area contributed by atoms with Crippen LogP contribution in [0.15, 0.2) is 41.3 Å². The van der Waals surface area contributed by atoms with E-state index < -0.39 is 10.0 Å². The van der Waals surface area contributed by atoms with Crippen LogP contribution in [0, 0.1) is 6.92 Å². The van der Waals surface area contributed by atoms with Crippen LogP contribution in [-0.2, 0) is 14.8 Å². The molecule has 3 rings (SSSR count).